The zero-order chi connectivity index (χ0) is 20.5. The Morgan fingerprint density at radius 3 is 2.52 bits per heavy atom. The highest BCUT2D eigenvalue weighted by Crippen LogP contribution is 2.24. The highest BCUT2D eigenvalue weighted by atomic mass is 32.2. The van der Waals surface area contributed by atoms with Crippen molar-refractivity contribution in [2.24, 2.45) is 0 Å². The minimum absolute atomic E-state index is 0.0316. The lowest BCUT2D eigenvalue weighted by Gasteiger charge is -2.40. The van der Waals surface area contributed by atoms with Crippen molar-refractivity contribution in [3.8, 4) is 0 Å². The number of carbonyl (C=O) groups is 1. The summed E-state index contributed by atoms with van der Waals surface area (Å²) in [7, 11) is 2.20. The highest BCUT2D eigenvalue weighted by Gasteiger charge is 2.26. The zero-order valence-corrected chi connectivity index (χ0v) is 18.4. The lowest BCUT2D eigenvalue weighted by Crippen LogP contribution is -2.47. The maximum atomic E-state index is 12.4. The molecule has 2 aromatic rings. The Bertz CT molecular complexity index is 740. The molecule has 1 saturated heterocycles. The van der Waals surface area contributed by atoms with Crippen molar-refractivity contribution in [1.82, 2.24) is 15.1 Å². The van der Waals surface area contributed by atoms with Crippen LogP contribution in [0.15, 0.2) is 60.7 Å². The van der Waals surface area contributed by atoms with Gasteiger partial charge in [0.1, 0.15) is 0 Å². The van der Waals surface area contributed by atoms with Gasteiger partial charge in [0, 0.05) is 44.5 Å². The molecular formula is C24H33N3OS. The van der Waals surface area contributed by atoms with Crippen LogP contribution in [0.4, 0.5) is 0 Å². The molecule has 1 fully saturated rings. The molecule has 156 valence electrons. The fourth-order valence-electron chi connectivity index (χ4n) is 3.72. The van der Waals surface area contributed by atoms with Crippen molar-refractivity contribution < 1.29 is 4.79 Å². The SMILES string of the molecule is CC(SCc1ccccc1)C(=O)NCCCN1CCN(C)CC1c1ccccc1. The van der Waals surface area contributed by atoms with E-state index in [0.29, 0.717) is 6.04 Å². The number of hydrogen-bond donors (Lipinski definition) is 1. The Morgan fingerprint density at radius 1 is 1.10 bits per heavy atom. The van der Waals surface area contributed by atoms with Gasteiger partial charge in [-0.1, -0.05) is 60.7 Å². The van der Waals surface area contributed by atoms with Gasteiger partial charge in [-0.2, -0.15) is 0 Å². The fraction of sp³-hybridized carbons (Fsp3) is 0.458. The fourth-order valence-corrected chi connectivity index (χ4v) is 4.59. The topological polar surface area (TPSA) is 35.6 Å². The predicted molar refractivity (Wildman–Crippen MR) is 123 cm³/mol. The van der Waals surface area contributed by atoms with Gasteiger partial charge in [0.15, 0.2) is 0 Å². The van der Waals surface area contributed by atoms with Gasteiger partial charge in [-0.15, -0.1) is 11.8 Å². The summed E-state index contributed by atoms with van der Waals surface area (Å²) in [5.41, 5.74) is 2.65. The molecule has 0 saturated carbocycles. The molecular weight excluding hydrogens is 378 g/mol. The van der Waals surface area contributed by atoms with E-state index < -0.39 is 0 Å². The number of thioether (sulfide) groups is 1. The van der Waals surface area contributed by atoms with E-state index >= 15 is 0 Å². The third kappa shape index (κ3) is 6.88. The molecule has 4 nitrogen and oxygen atoms in total. The molecule has 0 radical (unpaired) electrons. The van der Waals surface area contributed by atoms with Crippen LogP contribution in [0, 0.1) is 0 Å². The monoisotopic (exact) mass is 411 g/mol. The number of benzene rings is 2. The summed E-state index contributed by atoms with van der Waals surface area (Å²) in [4.78, 5) is 17.4. The van der Waals surface area contributed by atoms with Crippen LogP contribution in [0.5, 0.6) is 0 Å². The molecule has 2 atom stereocenters. The number of nitrogens with one attached hydrogen (secondary N) is 1. The second-order valence-electron chi connectivity index (χ2n) is 7.81. The number of nitrogens with zero attached hydrogens (tertiary/aromatic N) is 2. The first-order chi connectivity index (χ1) is 14.1. The van der Waals surface area contributed by atoms with Crippen molar-refractivity contribution in [1.29, 1.82) is 0 Å². The summed E-state index contributed by atoms with van der Waals surface area (Å²) in [6.45, 7) is 6.98. The summed E-state index contributed by atoms with van der Waals surface area (Å²) in [6.07, 6.45) is 0.981. The van der Waals surface area contributed by atoms with Gasteiger partial charge in [0.2, 0.25) is 5.91 Å². The van der Waals surface area contributed by atoms with Crippen molar-refractivity contribution >= 4 is 17.7 Å². The van der Waals surface area contributed by atoms with E-state index in [1.54, 1.807) is 11.8 Å². The summed E-state index contributed by atoms with van der Waals surface area (Å²) >= 11 is 1.69. The van der Waals surface area contributed by atoms with Crippen LogP contribution < -0.4 is 5.32 Å². The number of carbonyl (C=O) groups excluding carboxylic acids is 1. The molecule has 1 amide bonds. The molecule has 0 spiro atoms. The Balaban J connectivity index is 1.40. The molecule has 1 N–H and O–H groups in total. The van der Waals surface area contributed by atoms with E-state index in [-0.39, 0.29) is 11.2 Å². The standard InChI is InChI=1S/C24H33N3OS/c1-20(29-19-21-10-5-3-6-11-21)24(28)25-14-9-15-27-17-16-26(2)18-23(27)22-12-7-4-8-13-22/h3-8,10-13,20,23H,9,14-19H2,1-2H3,(H,25,28). The molecule has 1 aliphatic rings. The Labute approximate surface area is 179 Å². The number of amides is 1. The molecule has 29 heavy (non-hydrogen) atoms. The average molecular weight is 412 g/mol. The van der Waals surface area contributed by atoms with Gasteiger partial charge in [0.05, 0.1) is 5.25 Å². The molecule has 0 aliphatic carbocycles. The quantitative estimate of drug-likeness (QED) is 0.637. The van der Waals surface area contributed by atoms with E-state index in [4.69, 9.17) is 0 Å². The predicted octanol–water partition coefficient (Wildman–Crippen LogP) is 3.80. The average Bonchev–Trinajstić information content (AvgIpc) is 2.77. The van der Waals surface area contributed by atoms with Gasteiger partial charge < -0.3 is 10.2 Å². The van der Waals surface area contributed by atoms with Crippen molar-refractivity contribution in [2.45, 2.75) is 30.4 Å². The van der Waals surface area contributed by atoms with E-state index in [1.807, 2.05) is 25.1 Å². The van der Waals surface area contributed by atoms with Gasteiger partial charge in [0.25, 0.3) is 0 Å². The van der Waals surface area contributed by atoms with Crippen LogP contribution in [0.3, 0.4) is 0 Å². The number of likely N-dealkylation sites (N-methyl/N-ethyl adjacent to an activating group) is 1. The molecule has 2 unspecified atom stereocenters. The van der Waals surface area contributed by atoms with Crippen LogP contribution in [0.2, 0.25) is 0 Å². The molecule has 0 aromatic heterocycles. The number of rotatable bonds is 9. The lowest BCUT2D eigenvalue weighted by molar-refractivity contribution is -0.120. The van der Waals surface area contributed by atoms with Crippen molar-refractivity contribution in [3.63, 3.8) is 0 Å². The zero-order valence-electron chi connectivity index (χ0n) is 17.6. The maximum absolute atomic E-state index is 12.4. The largest absolute Gasteiger partial charge is 0.355 e. The van der Waals surface area contributed by atoms with Gasteiger partial charge >= 0.3 is 0 Å². The van der Waals surface area contributed by atoms with Gasteiger partial charge in [-0.25, -0.2) is 0 Å². The first kappa shape index (κ1) is 21.9. The van der Waals surface area contributed by atoms with E-state index in [9.17, 15) is 4.79 Å². The third-order valence-electron chi connectivity index (χ3n) is 5.51. The van der Waals surface area contributed by atoms with Crippen LogP contribution in [0.25, 0.3) is 0 Å². The van der Waals surface area contributed by atoms with Crippen LogP contribution >= 0.6 is 11.8 Å². The molecule has 2 aromatic carbocycles. The van der Waals surface area contributed by atoms with E-state index in [1.165, 1.54) is 11.1 Å². The molecule has 3 rings (SSSR count). The summed E-state index contributed by atoms with van der Waals surface area (Å²) in [5, 5.41) is 3.09. The Morgan fingerprint density at radius 2 is 1.79 bits per heavy atom. The van der Waals surface area contributed by atoms with E-state index in [2.05, 4.69) is 64.6 Å². The minimum atomic E-state index is -0.0316. The first-order valence-corrected chi connectivity index (χ1v) is 11.6. The lowest BCUT2D eigenvalue weighted by atomic mass is 10.0. The van der Waals surface area contributed by atoms with E-state index in [0.717, 1.165) is 44.9 Å². The Kier molecular flexibility index (Phi) is 8.59. The Hall–Kier alpha value is -1.82. The molecule has 5 heteroatoms. The second-order valence-corrected chi connectivity index (χ2v) is 9.14. The summed E-state index contributed by atoms with van der Waals surface area (Å²) < 4.78 is 0. The van der Waals surface area contributed by atoms with Crippen LogP contribution in [0.1, 0.15) is 30.5 Å². The third-order valence-corrected chi connectivity index (χ3v) is 6.73. The molecule has 0 bridgehead atoms. The van der Waals surface area contributed by atoms with Gasteiger partial charge in [-0.3, -0.25) is 9.69 Å². The van der Waals surface area contributed by atoms with Gasteiger partial charge in [-0.05, 0) is 31.5 Å². The summed E-state index contributed by atoms with van der Waals surface area (Å²) in [5.74, 6) is 1.01. The maximum Gasteiger partial charge on any atom is 0.232 e. The van der Waals surface area contributed by atoms with Crippen LogP contribution in [-0.2, 0) is 10.5 Å². The first-order valence-electron chi connectivity index (χ1n) is 10.5. The molecule has 1 aliphatic heterocycles. The van der Waals surface area contributed by atoms with Crippen LogP contribution in [-0.4, -0.2) is 60.7 Å². The highest BCUT2D eigenvalue weighted by molar-refractivity contribution is 7.99. The number of piperazine rings is 1. The smallest absolute Gasteiger partial charge is 0.232 e. The number of hydrogen-bond acceptors (Lipinski definition) is 4. The molecule has 1 heterocycles. The van der Waals surface area contributed by atoms with Crippen molar-refractivity contribution in [3.05, 3.63) is 71.8 Å². The summed E-state index contributed by atoms with van der Waals surface area (Å²) in [6, 6.07) is 21.5. The van der Waals surface area contributed by atoms with Crippen molar-refractivity contribution in [2.75, 3.05) is 39.8 Å². The minimum Gasteiger partial charge on any atom is -0.355 e. The second kappa shape index (κ2) is 11.4. The normalized spacial score (nSPS) is 19.0.